The van der Waals surface area contributed by atoms with Crippen molar-refractivity contribution >= 4 is 34.8 Å². The second kappa shape index (κ2) is 8.00. The SMILES string of the molecule is CC(=O)c1ccc(N2CCN(C(=O)c3cc4c(cc3Cl)NC(O)CC4)CC2)nc1. The highest BCUT2D eigenvalue weighted by atomic mass is 35.5. The van der Waals surface area contributed by atoms with Gasteiger partial charge < -0.3 is 20.2 Å². The largest absolute Gasteiger partial charge is 0.374 e. The number of nitrogens with zero attached hydrogens (tertiary/aromatic N) is 3. The Hall–Kier alpha value is -2.64. The highest BCUT2D eigenvalue weighted by molar-refractivity contribution is 6.34. The van der Waals surface area contributed by atoms with Crippen LogP contribution in [0.25, 0.3) is 0 Å². The zero-order valence-corrected chi connectivity index (χ0v) is 16.9. The number of anilines is 2. The number of rotatable bonds is 3. The normalized spacial score (nSPS) is 18.8. The molecule has 152 valence electrons. The Balaban J connectivity index is 1.43. The fraction of sp³-hybridized carbons (Fsp3) is 0.381. The van der Waals surface area contributed by atoms with Gasteiger partial charge in [0, 0.05) is 43.6 Å². The van der Waals surface area contributed by atoms with E-state index >= 15 is 0 Å². The lowest BCUT2D eigenvalue weighted by Crippen LogP contribution is -2.49. The number of amides is 1. The summed E-state index contributed by atoms with van der Waals surface area (Å²) in [6, 6.07) is 7.19. The van der Waals surface area contributed by atoms with Crippen LogP contribution in [0.5, 0.6) is 0 Å². The van der Waals surface area contributed by atoms with E-state index in [1.807, 2.05) is 12.1 Å². The van der Waals surface area contributed by atoms with Gasteiger partial charge in [-0.05, 0) is 49.6 Å². The van der Waals surface area contributed by atoms with Crippen molar-refractivity contribution in [2.24, 2.45) is 0 Å². The Morgan fingerprint density at radius 2 is 1.97 bits per heavy atom. The van der Waals surface area contributed by atoms with Crippen LogP contribution in [0.2, 0.25) is 5.02 Å². The number of aliphatic hydroxyl groups excluding tert-OH is 1. The van der Waals surface area contributed by atoms with Crippen molar-refractivity contribution < 1.29 is 14.7 Å². The van der Waals surface area contributed by atoms with E-state index in [2.05, 4.69) is 15.2 Å². The van der Waals surface area contributed by atoms with E-state index in [0.29, 0.717) is 55.2 Å². The van der Waals surface area contributed by atoms with Gasteiger partial charge in [-0.2, -0.15) is 0 Å². The Morgan fingerprint density at radius 1 is 1.21 bits per heavy atom. The highest BCUT2D eigenvalue weighted by Crippen LogP contribution is 2.31. The molecule has 0 bridgehead atoms. The molecule has 7 nitrogen and oxygen atoms in total. The third-order valence-electron chi connectivity index (χ3n) is 5.48. The smallest absolute Gasteiger partial charge is 0.255 e. The number of aryl methyl sites for hydroxylation is 1. The average Bonchev–Trinajstić information content (AvgIpc) is 2.73. The van der Waals surface area contributed by atoms with Crippen molar-refractivity contribution in [1.29, 1.82) is 0 Å². The van der Waals surface area contributed by atoms with Gasteiger partial charge in [0.2, 0.25) is 0 Å². The number of carbonyl (C=O) groups is 2. The number of halogens is 1. The molecular formula is C21H23ClN4O3. The molecule has 29 heavy (non-hydrogen) atoms. The van der Waals surface area contributed by atoms with Crippen molar-refractivity contribution in [3.63, 3.8) is 0 Å². The molecule has 8 heteroatoms. The molecule has 4 rings (SSSR count). The molecule has 1 fully saturated rings. The molecule has 0 aliphatic carbocycles. The molecule has 2 aliphatic rings. The predicted octanol–water partition coefficient (Wildman–Crippen LogP) is 2.58. The van der Waals surface area contributed by atoms with Gasteiger partial charge >= 0.3 is 0 Å². The monoisotopic (exact) mass is 414 g/mol. The number of hydrogen-bond donors (Lipinski definition) is 2. The molecule has 1 aromatic carbocycles. The van der Waals surface area contributed by atoms with E-state index in [1.54, 1.807) is 23.2 Å². The summed E-state index contributed by atoms with van der Waals surface area (Å²) in [5.41, 5.74) is 2.87. The lowest BCUT2D eigenvalue weighted by Gasteiger charge is -2.35. The number of fused-ring (bicyclic) bond motifs is 1. The molecule has 0 radical (unpaired) electrons. The maximum atomic E-state index is 13.0. The zero-order chi connectivity index (χ0) is 20.5. The number of aliphatic hydroxyl groups is 1. The highest BCUT2D eigenvalue weighted by Gasteiger charge is 2.26. The Bertz CT molecular complexity index is 940. The summed E-state index contributed by atoms with van der Waals surface area (Å²) in [6.07, 6.45) is 2.33. The van der Waals surface area contributed by atoms with Crippen molar-refractivity contribution in [3.05, 3.63) is 52.2 Å². The van der Waals surface area contributed by atoms with Crippen LogP contribution in [-0.2, 0) is 6.42 Å². The molecular weight excluding hydrogens is 392 g/mol. The van der Waals surface area contributed by atoms with Crippen LogP contribution in [0.4, 0.5) is 11.5 Å². The first kappa shape index (κ1) is 19.7. The van der Waals surface area contributed by atoms with Gasteiger partial charge in [0.25, 0.3) is 5.91 Å². The molecule has 2 N–H and O–H groups in total. The maximum absolute atomic E-state index is 13.0. The van der Waals surface area contributed by atoms with Gasteiger partial charge in [-0.15, -0.1) is 0 Å². The number of ketones is 1. The van der Waals surface area contributed by atoms with Crippen molar-refractivity contribution in [3.8, 4) is 0 Å². The van der Waals surface area contributed by atoms with Crippen LogP contribution in [0.3, 0.4) is 0 Å². The predicted molar refractivity (Wildman–Crippen MR) is 112 cm³/mol. The quantitative estimate of drug-likeness (QED) is 0.751. The maximum Gasteiger partial charge on any atom is 0.255 e. The van der Waals surface area contributed by atoms with Crippen molar-refractivity contribution in [2.45, 2.75) is 26.0 Å². The summed E-state index contributed by atoms with van der Waals surface area (Å²) >= 11 is 6.37. The molecule has 1 atom stereocenters. The molecule has 1 saturated heterocycles. The minimum absolute atomic E-state index is 0.00824. The minimum Gasteiger partial charge on any atom is -0.374 e. The molecule has 2 aliphatic heterocycles. The summed E-state index contributed by atoms with van der Waals surface area (Å²) < 4.78 is 0. The van der Waals surface area contributed by atoms with Gasteiger partial charge in [-0.3, -0.25) is 9.59 Å². The van der Waals surface area contributed by atoms with E-state index in [-0.39, 0.29) is 11.7 Å². The second-order valence-corrected chi connectivity index (χ2v) is 7.84. The van der Waals surface area contributed by atoms with Crippen LogP contribution in [0.1, 0.15) is 39.6 Å². The summed E-state index contributed by atoms with van der Waals surface area (Å²) in [7, 11) is 0. The van der Waals surface area contributed by atoms with E-state index in [9.17, 15) is 14.7 Å². The van der Waals surface area contributed by atoms with Crippen molar-refractivity contribution in [2.75, 3.05) is 36.4 Å². The van der Waals surface area contributed by atoms with Gasteiger partial charge in [0.05, 0.1) is 10.6 Å². The number of aromatic nitrogens is 1. The van der Waals surface area contributed by atoms with Gasteiger partial charge in [-0.1, -0.05) is 11.6 Å². The molecule has 1 amide bonds. The summed E-state index contributed by atoms with van der Waals surface area (Å²) in [5, 5.41) is 13.1. The Morgan fingerprint density at radius 3 is 2.62 bits per heavy atom. The van der Waals surface area contributed by atoms with Crippen LogP contribution in [-0.4, -0.2) is 59.1 Å². The fourth-order valence-electron chi connectivity index (χ4n) is 3.76. The Labute approximate surface area is 174 Å². The third-order valence-corrected chi connectivity index (χ3v) is 5.79. The molecule has 2 aromatic rings. The van der Waals surface area contributed by atoms with Crippen LogP contribution in [0, 0.1) is 0 Å². The van der Waals surface area contributed by atoms with E-state index in [4.69, 9.17) is 11.6 Å². The first-order valence-corrected chi connectivity index (χ1v) is 10.1. The first-order valence-electron chi connectivity index (χ1n) is 9.70. The third kappa shape index (κ3) is 4.06. The topological polar surface area (TPSA) is 85.8 Å². The van der Waals surface area contributed by atoms with E-state index < -0.39 is 6.23 Å². The lowest BCUT2D eigenvalue weighted by molar-refractivity contribution is 0.0746. The molecule has 0 spiro atoms. The number of benzene rings is 1. The molecule has 1 aromatic heterocycles. The standard InChI is InChI=1S/C21H23ClN4O3/c1-13(27)15-2-4-19(23-12-15)25-6-8-26(9-7-25)21(29)16-10-14-3-5-20(28)24-18(14)11-17(16)22/h2,4,10-12,20,24,28H,3,5-9H2,1H3. The fourth-order valence-corrected chi connectivity index (χ4v) is 4.00. The molecule has 1 unspecified atom stereocenters. The number of carbonyl (C=O) groups excluding carboxylic acids is 2. The first-order chi connectivity index (χ1) is 13.9. The Kier molecular flexibility index (Phi) is 5.43. The lowest BCUT2D eigenvalue weighted by atomic mass is 9.99. The number of Topliss-reactive ketones (excluding diaryl/α,β-unsaturated/α-hetero) is 1. The van der Waals surface area contributed by atoms with Gasteiger partial charge in [-0.25, -0.2) is 4.98 Å². The summed E-state index contributed by atoms with van der Waals surface area (Å²) in [5.74, 6) is 0.716. The zero-order valence-electron chi connectivity index (χ0n) is 16.2. The average molecular weight is 415 g/mol. The van der Waals surface area contributed by atoms with E-state index in [0.717, 1.165) is 17.1 Å². The molecule has 0 saturated carbocycles. The number of piperazine rings is 1. The molecule has 3 heterocycles. The number of pyridine rings is 1. The minimum atomic E-state index is -0.577. The van der Waals surface area contributed by atoms with Crippen LogP contribution in [0.15, 0.2) is 30.5 Å². The summed E-state index contributed by atoms with van der Waals surface area (Å²) in [6.45, 7) is 3.98. The van der Waals surface area contributed by atoms with Crippen LogP contribution < -0.4 is 10.2 Å². The van der Waals surface area contributed by atoms with Gasteiger partial charge in [0.15, 0.2) is 5.78 Å². The van der Waals surface area contributed by atoms with E-state index in [1.165, 1.54) is 6.92 Å². The van der Waals surface area contributed by atoms with Gasteiger partial charge in [0.1, 0.15) is 12.0 Å². The summed E-state index contributed by atoms with van der Waals surface area (Å²) in [4.78, 5) is 32.7. The second-order valence-electron chi connectivity index (χ2n) is 7.43. The van der Waals surface area contributed by atoms with Crippen molar-refractivity contribution in [1.82, 2.24) is 9.88 Å². The number of hydrogen-bond acceptors (Lipinski definition) is 6. The number of nitrogens with one attached hydrogen (secondary N) is 1. The van der Waals surface area contributed by atoms with Crippen LogP contribution >= 0.6 is 11.6 Å².